The van der Waals surface area contributed by atoms with Gasteiger partial charge in [0.25, 0.3) is 0 Å². The molecule has 0 radical (unpaired) electrons. The largest absolute Gasteiger partial charge is 0.368 e. The lowest BCUT2D eigenvalue weighted by molar-refractivity contribution is -0.117. The van der Waals surface area contributed by atoms with E-state index in [2.05, 4.69) is 0 Å². The van der Waals surface area contributed by atoms with Crippen LogP contribution < -0.4 is 0 Å². The second-order valence-electron chi connectivity index (χ2n) is 3.42. The first-order valence-corrected chi connectivity index (χ1v) is 4.45. The number of rotatable bonds is 4. The molecular weight excluding hydrogens is 156 g/mol. The average molecular weight is 172 g/mol. The van der Waals surface area contributed by atoms with Crippen LogP contribution in [0, 0.1) is 5.92 Å². The predicted octanol–water partition coefficient (Wildman–Crippen LogP) is 1.10. The van der Waals surface area contributed by atoms with E-state index in [0.717, 1.165) is 19.3 Å². The van der Waals surface area contributed by atoms with E-state index in [-0.39, 0.29) is 0 Å². The van der Waals surface area contributed by atoms with Crippen molar-refractivity contribution in [2.45, 2.75) is 38.4 Å². The van der Waals surface area contributed by atoms with E-state index >= 15 is 0 Å². The van der Waals surface area contributed by atoms with Gasteiger partial charge >= 0.3 is 0 Å². The summed E-state index contributed by atoms with van der Waals surface area (Å²) in [7, 11) is 1.49. The fraction of sp³-hybridized carbons (Fsp3) is 0.889. The predicted molar refractivity (Wildman–Crippen MR) is 44.6 cm³/mol. The fourth-order valence-corrected chi connectivity index (χ4v) is 1.63. The van der Waals surface area contributed by atoms with Crippen LogP contribution in [0.2, 0.25) is 0 Å². The standard InChI is InChI=1S/C9H16O3/c1-12-9(11)5-3-7-2-4-8(10)6-7/h7,9,11H,2-6H2,1H3. The number of carbonyl (C=O) groups excluding carboxylic acids is 1. The smallest absolute Gasteiger partial charge is 0.154 e. The molecule has 1 saturated carbocycles. The molecule has 0 aromatic rings. The molecule has 1 N–H and O–H groups in total. The molecule has 3 nitrogen and oxygen atoms in total. The maximum absolute atomic E-state index is 10.9. The van der Waals surface area contributed by atoms with Crippen LogP contribution in [0.25, 0.3) is 0 Å². The molecule has 0 aliphatic heterocycles. The van der Waals surface area contributed by atoms with E-state index in [1.807, 2.05) is 0 Å². The summed E-state index contributed by atoms with van der Waals surface area (Å²) in [5, 5.41) is 9.08. The highest BCUT2D eigenvalue weighted by atomic mass is 16.6. The molecule has 0 amide bonds. The van der Waals surface area contributed by atoms with Crippen molar-refractivity contribution in [3.05, 3.63) is 0 Å². The van der Waals surface area contributed by atoms with Gasteiger partial charge in [0.05, 0.1) is 0 Å². The van der Waals surface area contributed by atoms with Crippen LogP contribution in [0.4, 0.5) is 0 Å². The number of ketones is 1. The van der Waals surface area contributed by atoms with Gasteiger partial charge in [-0.25, -0.2) is 0 Å². The van der Waals surface area contributed by atoms with E-state index in [9.17, 15) is 4.79 Å². The van der Waals surface area contributed by atoms with E-state index in [1.165, 1.54) is 7.11 Å². The lowest BCUT2D eigenvalue weighted by Crippen LogP contribution is -2.10. The van der Waals surface area contributed by atoms with Crippen molar-refractivity contribution in [1.29, 1.82) is 0 Å². The molecule has 12 heavy (non-hydrogen) atoms. The number of hydrogen-bond donors (Lipinski definition) is 1. The molecule has 1 rings (SSSR count). The van der Waals surface area contributed by atoms with E-state index in [0.29, 0.717) is 24.5 Å². The Morgan fingerprint density at radius 2 is 2.50 bits per heavy atom. The Labute approximate surface area is 72.7 Å². The summed E-state index contributed by atoms with van der Waals surface area (Å²) >= 11 is 0. The summed E-state index contributed by atoms with van der Waals surface area (Å²) in [5.41, 5.74) is 0. The van der Waals surface area contributed by atoms with Crippen molar-refractivity contribution in [3.63, 3.8) is 0 Å². The fourth-order valence-electron chi connectivity index (χ4n) is 1.63. The lowest BCUT2D eigenvalue weighted by Gasteiger charge is -2.11. The molecular formula is C9H16O3. The molecule has 2 unspecified atom stereocenters. The molecule has 0 aromatic carbocycles. The molecule has 1 aliphatic rings. The van der Waals surface area contributed by atoms with Crippen LogP contribution in [0.3, 0.4) is 0 Å². The van der Waals surface area contributed by atoms with Gasteiger partial charge in [-0.1, -0.05) is 0 Å². The zero-order valence-electron chi connectivity index (χ0n) is 7.45. The average Bonchev–Trinajstić information content (AvgIpc) is 2.47. The summed E-state index contributed by atoms with van der Waals surface area (Å²) in [6.45, 7) is 0. The number of hydrogen-bond acceptors (Lipinski definition) is 3. The molecule has 0 saturated heterocycles. The monoisotopic (exact) mass is 172 g/mol. The third-order valence-electron chi connectivity index (χ3n) is 2.44. The van der Waals surface area contributed by atoms with Gasteiger partial charge in [-0.05, 0) is 25.2 Å². The zero-order valence-corrected chi connectivity index (χ0v) is 7.45. The van der Waals surface area contributed by atoms with Gasteiger partial charge in [0.2, 0.25) is 0 Å². The summed E-state index contributed by atoms with van der Waals surface area (Å²) in [5.74, 6) is 0.856. The normalized spacial score (nSPS) is 26.2. The minimum absolute atomic E-state index is 0.368. The first-order chi connectivity index (χ1) is 5.72. The number of ether oxygens (including phenoxy) is 1. The Balaban J connectivity index is 2.11. The number of Topliss-reactive ketones (excluding diaryl/α,β-unsaturated/α-hetero) is 1. The Hall–Kier alpha value is -0.410. The molecule has 0 aromatic heterocycles. The molecule has 0 spiro atoms. The van der Waals surface area contributed by atoms with Crippen molar-refractivity contribution < 1.29 is 14.6 Å². The molecule has 1 fully saturated rings. The van der Waals surface area contributed by atoms with Crippen molar-refractivity contribution >= 4 is 5.78 Å². The quantitative estimate of drug-likeness (QED) is 0.646. The molecule has 0 heterocycles. The maximum atomic E-state index is 10.9. The van der Waals surface area contributed by atoms with Crippen molar-refractivity contribution in [2.24, 2.45) is 5.92 Å². The van der Waals surface area contributed by atoms with Gasteiger partial charge in [0.1, 0.15) is 5.78 Å². The van der Waals surface area contributed by atoms with Crippen LogP contribution in [0.1, 0.15) is 32.1 Å². The molecule has 1 aliphatic carbocycles. The topological polar surface area (TPSA) is 46.5 Å². The lowest BCUT2D eigenvalue weighted by atomic mass is 10.0. The SMILES string of the molecule is COC(O)CCC1CCC(=O)C1. The first kappa shape index (κ1) is 9.68. The maximum Gasteiger partial charge on any atom is 0.154 e. The second-order valence-corrected chi connectivity index (χ2v) is 3.42. The van der Waals surface area contributed by atoms with Crippen molar-refractivity contribution in [3.8, 4) is 0 Å². The third-order valence-corrected chi connectivity index (χ3v) is 2.44. The summed E-state index contributed by atoms with van der Waals surface area (Å²) in [4.78, 5) is 10.9. The van der Waals surface area contributed by atoms with E-state index in [1.54, 1.807) is 0 Å². The number of carbonyl (C=O) groups is 1. The van der Waals surface area contributed by atoms with Crippen molar-refractivity contribution in [2.75, 3.05) is 7.11 Å². The number of methoxy groups -OCH3 is 1. The van der Waals surface area contributed by atoms with Gasteiger partial charge in [-0.3, -0.25) is 4.79 Å². The molecule has 3 heteroatoms. The number of aliphatic hydroxyl groups is 1. The summed E-state index contributed by atoms with van der Waals surface area (Å²) in [6, 6.07) is 0. The Bertz CT molecular complexity index is 156. The van der Waals surface area contributed by atoms with E-state index in [4.69, 9.17) is 9.84 Å². The van der Waals surface area contributed by atoms with Crippen LogP contribution in [0.5, 0.6) is 0 Å². The highest BCUT2D eigenvalue weighted by molar-refractivity contribution is 5.80. The summed E-state index contributed by atoms with van der Waals surface area (Å²) in [6.07, 6.45) is 3.33. The Kier molecular flexibility index (Phi) is 3.69. The van der Waals surface area contributed by atoms with Gasteiger partial charge in [0, 0.05) is 20.0 Å². The van der Waals surface area contributed by atoms with Crippen LogP contribution >= 0.6 is 0 Å². The van der Waals surface area contributed by atoms with Gasteiger partial charge in [-0.2, -0.15) is 0 Å². The van der Waals surface area contributed by atoms with Gasteiger partial charge in [-0.15, -0.1) is 0 Å². The highest BCUT2D eigenvalue weighted by Gasteiger charge is 2.22. The summed E-state index contributed by atoms with van der Waals surface area (Å²) < 4.78 is 4.71. The van der Waals surface area contributed by atoms with Gasteiger partial charge in [0.15, 0.2) is 6.29 Å². The van der Waals surface area contributed by atoms with Crippen molar-refractivity contribution in [1.82, 2.24) is 0 Å². The minimum Gasteiger partial charge on any atom is -0.368 e. The van der Waals surface area contributed by atoms with Crippen LogP contribution in [0.15, 0.2) is 0 Å². The Morgan fingerprint density at radius 3 is 3.00 bits per heavy atom. The van der Waals surface area contributed by atoms with Crippen LogP contribution in [-0.2, 0) is 9.53 Å². The first-order valence-electron chi connectivity index (χ1n) is 4.45. The number of aliphatic hydroxyl groups excluding tert-OH is 1. The molecule has 70 valence electrons. The minimum atomic E-state index is -0.652. The third kappa shape index (κ3) is 2.91. The highest BCUT2D eigenvalue weighted by Crippen LogP contribution is 2.26. The molecule has 0 bridgehead atoms. The Morgan fingerprint density at radius 1 is 1.75 bits per heavy atom. The molecule has 2 atom stereocenters. The van der Waals surface area contributed by atoms with Gasteiger partial charge < -0.3 is 9.84 Å². The second kappa shape index (κ2) is 4.58. The zero-order chi connectivity index (χ0) is 8.97. The van der Waals surface area contributed by atoms with E-state index < -0.39 is 6.29 Å². The van der Waals surface area contributed by atoms with Crippen LogP contribution in [-0.4, -0.2) is 24.3 Å².